The van der Waals surface area contributed by atoms with E-state index in [9.17, 15) is 18.4 Å². The normalized spacial score (nSPS) is 14.3. The van der Waals surface area contributed by atoms with E-state index in [0.717, 1.165) is 52.1 Å². The Hall–Kier alpha value is -3.75. The van der Waals surface area contributed by atoms with Crippen LogP contribution in [0.1, 0.15) is 43.9 Å². The van der Waals surface area contributed by atoms with Gasteiger partial charge in [-0.1, -0.05) is 66.2 Å². The smallest absolute Gasteiger partial charge is 0.412 e. The van der Waals surface area contributed by atoms with Gasteiger partial charge in [0, 0.05) is 5.56 Å². The molecule has 0 spiro atoms. The quantitative estimate of drug-likeness (QED) is 0.211. The summed E-state index contributed by atoms with van der Waals surface area (Å²) in [4.78, 5) is 26.0. The van der Waals surface area contributed by atoms with E-state index in [4.69, 9.17) is 21.1 Å². The molecular weight excluding hydrogens is 556 g/mol. The summed E-state index contributed by atoms with van der Waals surface area (Å²) >= 11 is 7.68. The number of hydrogen-bond donors (Lipinski definition) is 1. The molecule has 1 fully saturated rings. The molecule has 0 bridgehead atoms. The predicted molar refractivity (Wildman–Crippen MR) is 153 cm³/mol. The summed E-state index contributed by atoms with van der Waals surface area (Å²) in [5.74, 6) is -2.17. The molecule has 1 aliphatic rings. The number of hydrogen-bond acceptors (Lipinski definition) is 5. The van der Waals surface area contributed by atoms with Gasteiger partial charge >= 0.3 is 12.1 Å². The number of carbonyl (C=O) groups excluding carboxylic acids is 2. The topological polar surface area (TPSA) is 64.6 Å². The van der Waals surface area contributed by atoms with E-state index in [1.165, 1.54) is 17.4 Å². The van der Waals surface area contributed by atoms with Gasteiger partial charge in [0.2, 0.25) is 0 Å². The molecule has 1 N–H and O–H groups in total. The van der Waals surface area contributed by atoms with Crippen molar-refractivity contribution in [2.45, 2.75) is 38.2 Å². The maximum absolute atomic E-state index is 13.6. The number of thiophene rings is 1. The molecule has 5 rings (SSSR count). The van der Waals surface area contributed by atoms with Gasteiger partial charge in [0.15, 0.2) is 11.6 Å². The Morgan fingerprint density at radius 2 is 1.70 bits per heavy atom. The molecule has 1 amide bonds. The highest BCUT2D eigenvalue weighted by atomic mass is 35.5. The van der Waals surface area contributed by atoms with Gasteiger partial charge in [-0.05, 0) is 67.1 Å². The Balaban J connectivity index is 1.38. The summed E-state index contributed by atoms with van der Waals surface area (Å²) in [6.45, 7) is 3.73. The first-order valence-electron chi connectivity index (χ1n) is 12.8. The van der Waals surface area contributed by atoms with Crippen molar-refractivity contribution in [2.24, 2.45) is 0 Å². The van der Waals surface area contributed by atoms with Crippen molar-refractivity contribution in [1.82, 2.24) is 0 Å². The van der Waals surface area contributed by atoms with Crippen LogP contribution >= 0.6 is 22.9 Å². The SMILES string of the molecule is CCOC(=O)C1(c2ccc(-c3ccccc3-c3sc(Cl)cc3NC(=O)OC(C)c3ccc(F)c(F)c3)cc2)CC1. The van der Waals surface area contributed by atoms with Gasteiger partial charge in [-0.25, -0.2) is 13.6 Å². The first-order valence-corrected chi connectivity index (χ1v) is 14.0. The highest BCUT2D eigenvalue weighted by Crippen LogP contribution is 2.50. The van der Waals surface area contributed by atoms with Gasteiger partial charge in [-0.15, -0.1) is 11.3 Å². The molecule has 1 aliphatic carbocycles. The number of anilines is 1. The van der Waals surface area contributed by atoms with Crippen LogP contribution in [0.3, 0.4) is 0 Å². The Bertz CT molecular complexity index is 1570. The third-order valence-corrected chi connectivity index (χ3v) is 8.27. The maximum Gasteiger partial charge on any atom is 0.412 e. The molecule has 1 atom stereocenters. The van der Waals surface area contributed by atoms with Gasteiger partial charge < -0.3 is 9.47 Å². The fourth-order valence-corrected chi connectivity index (χ4v) is 5.91. The lowest BCUT2D eigenvalue weighted by Gasteiger charge is -2.16. The van der Waals surface area contributed by atoms with E-state index < -0.39 is 29.2 Å². The minimum Gasteiger partial charge on any atom is -0.465 e. The van der Waals surface area contributed by atoms with E-state index >= 15 is 0 Å². The van der Waals surface area contributed by atoms with Crippen LogP contribution in [0.5, 0.6) is 0 Å². The van der Waals surface area contributed by atoms with E-state index in [2.05, 4.69) is 5.32 Å². The fraction of sp³-hybridized carbons (Fsp3) is 0.226. The second-order valence-electron chi connectivity index (χ2n) is 9.56. The lowest BCUT2D eigenvalue weighted by molar-refractivity contribution is -0.146. The highest BCUT2D eigenvalue weighted by molar-refractivity contribution is 7.20. The molecule has 4 aromatic rings. The van der Waals surface area contributed by atoms with Crippen LogP contribution in [-0.4, -0.2) is 18.7 Å². The molecule has 0 aliphatic heterocycles. The first-order chi connectivity index (χ1) is 19.2. The second-order valence-corrected chi connectivity index (χ2v) is 11.2. The van der Waals surface area contributed by atoms with Crippen molar-refractivity contribution < 1.29 is 27.8 Å². The van der Waals surface area contributed by atoms with Gasteiger partial charge in [-0.3, -0.25) is 10.1 Å². The lowest BCUT2D eigenvalue weighted by Crippen LogP contribution is -2.23. The number of ether oxygens (including phenoxy) is 2. The molecular formula is C31H26ClF2NO4S. The summed E-state index contributed by atoms with van der Waals surface area (Å²) in [6.07, 6.45) is -0.0312. The molecule has 5 nitrogen and oxygen atoms in total. The van der Waals surface area contributed by atoms with Crippen LogP contribution in [-0.2, 0) is 19.7 Å². The zero-order valence-corrected chi connectivity index (χ0v) is 23.4. The van der Waals surface area contributed by atoms with E-state index in [-0.39, 0.29) is 5.97 Å². The van der Waals surface area contributed by atoms with Gasteiger partial charge in [0.05, 0.1) is 26.9 Å². The molecule has 40 heavy (non-hydrogen) atoms. The summed E-state index contributed by atoms with van der Waals surface area (Å²) in [6, 6.07) is 20.6. The number of carbonyl (C=O) groups is 2. The molecule has 1 unspecified atom stereocenters. The van der Waals surface area contributed by atoms with Crippen molar-refractivity contribution in [3.8, 4) is 21.6 Å². The van der Waals surface area contributed by atoms with Crippen LogP contribution in [0.4, 0.5) is 19.3 Å². The number of nitrogens with one attached hydrogen (secondary N) is 1. The Kier molecular flexibility index (Phi) is 7.92. The number of rotatable bonds is 8. The Morgan fingerprint density at radius 1 is 1.00 bits per heavy atom. The summed E-state index contributed by atoms with van der Waals surface area (Å²) < 4.78 is 38.1. The average molecular weight is 582 g/mol. The van der Waals surface area contributed by atoms with Crippen LogP contribution in [0.15, 0.2) is 72.8 Å². The number of esters is 1. The van der Waals surface area contributed by atoms with Crippen molar-refractivity contribution in [2.75, 3.05) is 11.9 Å². The van der Waals surface area contributed by atoms with Crippen molar-refractivity contribution >= 4 is 40.7 Å². The number of halogens is 3. The zero-order valence-electron chi connectivity index (χ0n) is 21.8. The Labute approximate surface area is 239 Å². The maximum atomic E-state index is 13.6. The van der Waals surface area contributed by atoms with E-state index in [1.54, 1.807) is 19.9 Å². The highest BCUT2D eigenvalue weighted by Gasteiger charge is 2.52. The van der Waals surface area contributed by atoms with E-state index in [0.29, 0.717) is 22.2 Å². The molecule has 206 valence electrons. The fourth-order valence-electron chi connectivity index (χ4n) is 4.69. The monoisotopic (exact) mass is 581 g/mol. The first kappa shape index (κ1) is 27.8. The second kappa shape index (κ2) is 11.4. The van der Waals surface area contributed by atoms with Crippen LogP contribution in [0, 0.1) is 11.6 Å². The predicted octanol–water partition coefficient (Wildman–Crippen LogP) is 8.92. The van der Waals surface area contributed by atoms with Crippen molar-refractivity contribution in [3.05, 3.63) is 99.9 Å². The minimum atomic E-state index is -1.02. The van der Waals surface area contributed by atoms with Crippen LogP contribution in [0.2, 0.25) is 4.34 Å². The zero-order chi connectivity index (χ0) is 28.4. The van der Waals surface area contributed by atoms with Gasteiger partial charge in [-0.2, -0.15) is 0 Å². The third kappa shape index (κ3) is 5.60. The van der Waals surface area contributed by atoms with Gasteiger partial charge in [0.25, 0.3) is 0 Å². The van der Waals surface area contributed by atoms with Gasteiger partial charge in [0.1, 0.15) is 6.10 Å². The molecule has 9 heteroatoms. The number of amides is 1. The molecule has 0 radical (unpaired) electrons. The Morgan fingerprint density at radius 3 is 2.35 bits per heavy atom. The minimum absolute atomic E-state index is 0.183. The third-order valence-electron chi connectivity index (χ3n) is 6.97. The molecule has 1 aromatic heterocycles. The van der Waals surface area contributed by atoms with Crippen LogP contribution < -0.4 is 5.32 Å². The van der Waals surface area contributed by atoms with Crippen LogP contribution in [0.25, 0.3) is 21.6 Å². The molecule has 1 saturated carbocycles. The number of benzene rings is 3. The standard InChI is InChI=1S/C31H26ClF2NO4S/c1-3-38-29(36)31(14-15-31)21-11-8-19(9-12-21)22-6-4-5-7-23(22)28-26(17-27(32)40-28)35-30(37)39-18(2)20-10-13-24(33)25(34)16-20/h4-13,16-18H,3,14-15H2,1-2H3,(H,35,37). The molecule has 3 aromatic carbocycles. The summed E-state index contributed by atoms with van der Waals surface area (Å²) in [5.41, 5.74) is 3.87. The van der Waals surface area contributed by atoms with E-state index in [1.807, 2.05) is 48.5 Å². The summed E-state index contributed by atoms with van der Waals surface area (Å²) in [7, 11) is 0. The average Bonchev–Trinajstić information content (AvgIpc) is 3.68. The van der Waals surface area contributed by atoms with Crippen molar-refractivity contribution in [3.63, 3.8) is 0 Å². The summed E-state index contributed by atoms with van der Waals surface area (Å²) in [5, 5.41) is 2.74. The lowest BCUT2D eigenvalue weighted by atomic mass is 9.92. The molecule has 1 heterocycles. The largest absolute Gasteiger partial charge is 0.465 e. The molecule has 0 saturated heterocycles. The van der Waals surface area contributed by atoms with Crippen molar-refractivity contribution in [1.29, 1.82) is 0 Å².